The van der Waals surface area contributed by atoms with E-state index >= 15 is 0 Å². The summed E-state index contributed by atoms with van der Waals surface area (Å²) in [7, 11) is 1.69. The van der Waals surface area contributed by atoms with Gasteiger partial charge < -0.3 is 15.8 Å². The summed E-state index contributed by atoms with van der Waals surface area (Å²) in [5.74, 6) is 1.91. The van der Waals surface area contributed by atoms with Gasteiger partial charge in [0.15, 0.2) is 0 Å². The van der Waals surface area contributed by atoms with Gasteiger partial charge in [0.25, 0.3) is 0 Å². The van der Waals surface area contributed by atoms with Crippen molar-refractivity contribution < 1.29 is 4.74 Å². The molecule has 100 valence electrons. The number of rotatable bonds is 8. The molecule has 2 rings (SSSR count). The van der Waals surface area contributed by atoms with Crippen LogP contribution in [0.4, 0.5) is 0 Å². The third-order valence-electron chi connectivity index (χ3n) is 3.61. The average Bonchev–Trinajstić information content (AvgIpc) is 3.23. The van der Waals surface area contributed by atoms with Gasteiger partial charge >= 0.3 is 0 Å². The zero-order valence-corrected chi connectivity index (χ0v) is 11.2. The maximum atomic E-state index is 5.85. The highest BCUT2D eigenvalue weighted by Gasteiger charge is 2.20. The molecule has 3 N–H and O–H groups in total. The quantitative estimate of drug-likeness (QED) is 0.695. The molecule has 0 amide bonds. The Morgan fingerprint density at radius 1 is 1.44 bits per heavy atom. The summed E-state index contributed by atoms with van der Waals surface area (Å²) in [4.78, 5) is 0. The first-order chi connectivity index (χ1) is 8.83. The summed E-state index contributed by atoms with van der Waals surface area (Å²) in [6, 6.07) is 8.38. The molecule has 0 bridgehead atoms. The van der Waals surface area contributed by atoms with Gasteiger partial charge in [-0.25, -0.2) is 0 Å². The van der Waals surface area contributed by atoms with Crippen LogP contribution in [0.2, 0.25) is 0 Å². The number of methoxy groups -OCH3 is 1. The van der Waals surface area contributed by atoms with Gasteiger partial charge in [0.1, 0.15) is 5.75 Å². The molecule has 1 aliphatic rings. The van der Waals surface area contributed by atoms with Gasteiger partial charge in [0, 0.05) is 12.6 Å². The molecule has 1 fully saturated rings. The second-order valence-electron chi connectivity index (χ2n) is 5.10. The van der Waals surface area contributed by atoms with E-state index in [2.05, 4.69) is 17.4 Å². The Labute approximate surface area is 110 Å². The highest BCUT2D eigenvalue weighted by molar-refractivity contribution is 5.30. The molecule has 0 heterocycles. The second-order valence-corrected chi connectivity index (χ2v) is 5.10. The van der Waals surface area contributed by atoms with Gasteiger partial charge in [-0.15, -0.1) is 0 Å². The minimum absolute atomic E-state index is 0.235. The third-order valence-corrected chi connectivity index (χ3v) is 3.61. The highest BCUT2D eigenvalue weighted by atomic mass is 16.5. The van der Waals surface area contributed by atoms with E-state index in [1.165, 1.54) is 31.2 Å². The van der Waals surface area contributed by atoms with Gasteiger partial charge in [-0.05, 0) is 43.0 Å². The minimum atomic E-state index is 0.235. The number of hydrogen-bond acceptors (Lipinski definition) is 3. The lowest BCUT2D eigenvalue weighted by molar-refractivity contribution is 0.413. The van der Waals surface area contributed by atoms with Crippen LogP contribution in [0.15, 0.2) is 24.3 Å². The van der Waals surface area contributed by atoms with E-state index < -0.39 is 0 Å². The SMILES string of the molecule is COc1cccc(C(CN)NCCCC2CC2)c1. The predicted octanol–water partition coefficient (Wildman–Crippen LogP) is 2.47. The van der Waals surface area contributed by atoms with E-state index in [1.54, 1.807) is 7.11 Å². The maximum absolute atomic E-state index is 5.85. The normalized spacial score (nSPS) is 16.6. The Balaban J connectivity index is 1.81. The van der Waals surface area contributed by atoms with Crippen molar-refractivity contribution in [1.82, 2.24) is 5.32 Å². The summed E-state index contributed by atoms with van der Waals surface area (Å²) >= 11 is 0. The van der Waals surface area contributed by atoms with E-state index in [9.17, 15) is 0 Å². The number of nitrogens with one attached hydrogen (secondary N) is 1. The fourth-order valence-electron chi connectivity index (χ4n) is 2.27. The van der Waals surface area contributed by atoms with Gasteiger partial charge in [-0.2, -0.15) is 0 Å². The van der Waals surface area contributed by atoms with E-state index in [0.29, 0.717) is 6.54 Å². The summed E-state index contributed by atoms with van der Waals surface area (Å²) < 4.78 is 5.25. The molecule has 3 heteroatoms. The number of hydrogen-bond donors (Lipinski definition) is 2. The Hall–Kier alpha value is -1.06. The lowest BCUT2D eigenvalue weighted by Crippen LogP contribution is -2.29. The van der Waals surface area contributed by atoms with Crippen molar-refractivity contribution >= 4 is 0 Å². The summed E-state index contributed by atoms with van der Waals surface area (Å²) in [6.45, 7) is 1.67. The molecule has 0 aromatic heterocycles. The number of nitrogens with two attached hydrogens (primary N) is 1. The molecular formula is C15H24N2O. The van der Waals surface area contributed by atoms with Crippen LogP contribution in [0.1, 0.15) is 37.3 Å². The van der Waals surface area contributed by atoms with Crippen LogP contribution in [0, 0.1) is 5.92 Å². The van der Waals surface area contributed by atoms with Crippen LogP contribution in [0.3, 0.4) is 0 Å². The Morgan fingerprint density at radius 3 is 2.94 bits per heavy atom. The lowest BCUT2D eigenvalue weighted by atomic mass is 10.1. The summed E-state index contributed by atoms with van der Waals surface area (Å²) in [5, 5.41) is 3.54. The standard InChI is InChI=1S/C15H24N2O/c1-18-14-6-2-5-13(10-14)15(11-16)17-9-3-4-12-7-8-12/h2,5-6,10,12,15,17H,3-4,7-9,11,16H2,1H3. The van der Waals surface area contributed by atoms with Crippen LogP contribution in [0.5, 0.6) is 5.75 Å². The van der Waals surface area contributed by atoms with E-state index in [-0.39, 0.29) is 6.04 Å². The molecule has 1 unspecified atom stereocenters. The molecule has 0 saturated heterocycles. The van der Waals surface area contributed by atoms with Crippen molar-refractivity contribution in [3.63, 3.8) is 0 Å². The van der Waals surface area contributed by atoms with Crippen molar-refractivity contribution in [3.8, 4) is 5.75 Å². The molecule has 0 radical (unpaired) electrons. The highest BCUT2D eigenvalue weighted by Crippen LogP contribution is 2.33. The zero-order valence-electron chi connectivity index (χ0n) is 11.2. The molecule has 1 saturated carbocycles. The van der Waals surface area contributed by atoms with E-state index in [1.807, 2.05) is 12.1 Å². The first-order valence-electron chi connectivity index (χ1n) is 6.91. The minimum Gasteiger partial charge on any atom is -0.497 e. The Kier molecular flexibility index (Phi) is 5.02. The lowest BCUT2D eigenvalue weighted by Gasteiger charge is -2.18. The molecule has 1 aliphatic carbocycles. The van der Waals surface area contributed by atoms with Gasteiger partial charge in [0.05, 0.1) is 7.11 Å². The van der Waals surface area contributed by atoms with Gasteiger partial charge in [-0.3, -0.25) is 0 Å². The fraction of sp³-hybridized carbons (Fsp3) is 0.600. The fourth-order valence-corrected chi connectivity index (χ4v) is 2.27. The molecule has 1 atom stereocenters. The van der Waals surface area contributed by atoms with Crippen molar-refractivity contribution in [2.75, 3.05) is 20.2 Å². The monoisotopic (exact) mass is 248 g/mol. The topological polar surface area (TPSA) is 47.3 Å². The molecule has 1 aromatic rings. The maximum Gasteiger partial charge on any atom is 0.119 e. The van der Waals surface area contributed by atoms with E-state index in [4.69, 9.17) is 10.5 Å². The zero-order chi connectivity index (χ0) is 12.8. The van der Waals surface area contributed by atoms with Crippen LogP contribution in [-0.4, -0.2) is 20.2 Å². The molecule has 0 aliphatic heterocycles. The summed E-state index contributed by atoms with van der Waals surface area (Å²) in [5.41, 5.74) is 7.06. The Bertz CT molecular complexity index is 363. The van der Waals surface area contributed by atoms with Crippen LogP contribution in [-0.2, 0) is 0 Å². The van der Waals surface area contributed by atoms with E-state index in [0.717, 1.165) is 18.2 Å². The van der Waals surface area contributed by atoms with Crippen LogP contribution < -0.4 is 15.8 Å². The van der Waals surface area contributed by atoms with Crippen molar-refractivity contribution in [1.29, 1.82) is 0 Å². The molecule has 3 nitrogen and oxygen atoms in total. The Morgan fingerprint density at radius 2 is 2.28 bits per heavy atom. The van der Waals surface area contributed by atoms with Crippen molar-refractivity contribution in [3.05, 3.63) is 29.8 Å². The smallest absolute Gasteiger partial charge is 0.119 e. The summed E-state index contributed by atoms with van der Waals surface area (Å²) in [6.07, 6.45) is 5.50. The van der Waals surface area contributed by atoms with Gasteiger partial charge in [-0.1, -0.05) is 25.0 Å². The second kappa shape index (κ2) is 6.76. The number of ether oxygens (including phenoxy) is 1. The molecule has 0 spiro atoms. The first kappa shape index (κ1) is 13.4. The van der Waals surface area contributed by atoms with Gasteiger partial charge in [0.2, 0.25) is 0 Å². The number of benzene rings is 1. The molecule has 18 heavy (non-hydrogen) atoms. The molecule has 1 aromatic carbocycles. The third kappa shape index (κ3) is 4.00. The van der Waals surface area contributed by atoms with Crippen molar-refractivity contribution in [2.45, 2.75) is 31.7 Å². The first-order valence-corrected chi connectivity index (χ1v) is 6.91. The largest absolute Gasteiger partial charge is 0.497 e. The van der Waals surface area contributed by atoms with Crippen molar-refractivity contribution in [2.24, 2.45) is 11.7 Å². The van der Waals surface area contributed by atoms with Crippen LogP contribution >= 0.6 is 0 Å². The van der Waals surface area contributed by atoms with Crippen LogP contribution in [0.25, 0.3) is 0 Å². The average molecular weight is 248 g/mol. The molecular weight excluding hydrogens is 224 g/mol. The predicted molar refractivity (Wildman–Crippen MR) is 74.8 cm³/mol.